The smallest absolute Gasteiger partial charge is 0.122 e. The molecule has 8 heteroatoms. The third-order valence-corrected chi connectivity index (χ3v) is 7.91. The normalized spacial score (nSPS) is 12.2. The van der Waals surface area contributed by atoms with Crippen LogP contribution in [0.5, 0.6) is 0 Å². The number of anilines is 2. The van der Waals surface area contributed by atoms with Gasteiger partial charge < -0.3 is 20.7 Å². The van der Waals surface area contributed by atoms with Gasteiger partial charge >= 0.3 is 0 Å². The lowest BCUT2D eigenvalue weighted by atomic mass is 10.1. The van der Waals surface area contributed by atoms with Crippen molar-refractivity contribution < 1.29 is 5.21 Å². The Hall–Kier alpha value is -3.39. The van der Waals surface area contributed by atoms with Crippen molar-refractivity contribution in [2.45, 2.75) is 6.92 Å². The molecule has 0 unspecified atom stereocenters. The van der Waals surface area contributed by atoms with Gasteiger partial charge in [0.05, 0.1) is 5.52 Å². The maximum atomic E-state index is 9.91. The first kappa shape index (κ1) is 24.3. The van der Waals surface area contributed by atoms with E-state index in [0.29, 0.717) is 10.4 Å². The van der Waals surface area contributed by atoms with Gasteiger partial charge in [-0.15, -0.1) is 11.3 Å². The van der Waals surface area contributed by atoms with Gasteiger partial charge in [-0.05, 0) is 55.9 Å². The molecule has 0 aliphatic carbocycles. The second-order valence-corrected chi connectivity index (χ2v) is 10.3. The molecular formula is C28H28ClN5OS. The fourth-order valence-electron chi connectivity index (χ4n) is 4.45. The van der Waals surface area contributed by atoms with E-state index in [-0.39, 0.29) is 0 Å². The summed E-state index contributed by atoms with van der Waals surface area (Å²) in [5.41, 5.74) is 4.10. The first-order valence-corrected chi connectivity index (χ1v) is 13.1. The molecule has 0 bridgehead atoms. The molecule has 0 saturated carbocycles. The van der Waals surface area contributed by atoms with Gasteiger partial charge in [-0.3, -0.25) is 4.98 Å². The number of rotatable bonds is 8. The number of hydrogen-bond donors (Lipinski definition) is 3. The van der Waals surface area contributed by atoms with E-state index in [0.717, 1.165) is 68.6 Å². The standard InChI is InChI=1S/C28H28ClN5OS/c1-18-7-10-23(26-27(33-35)21-5-3-4-6-25(21)36-28(18)26)32-14-16-34(2)15-13-31-22-11-12-30-24-17-19(29)8-9-20(22)24/h3-12,17,32,35H,13-16H2,1-2H3,(H,30,31)/b33-27+. The molecule has 0 fully saturated rings. The number of aromatic nitrogens is 1. The highest BCUT2D eigenvalue weighted by atomic mass is 35.5. The van der Waals surface area contributed by atoms with Crippen molar-refractivity contribution in [1.82, 2.24) is 9.88 Å². The van der Waals surface area contributed by atoms with Crippen LogP contribution < -0.4 is 16.0 Å². The van der Waals surface area contributed by atoms with E-state index >= 15 is 0 Å². The Kier molecular flexibility index (Phi) is 7.23. The topological polar surface area (TPSA) is 72.8 Å². The van der Waals surface area contributed by atoms with E-state index in [4.69, 9.17) is 11.6 Å². The van der Waals surface area contributed by atoms with Crippen molar-refractivity contribution in [3.05, 3.63) is 82.8 Å². The van der Waals surface area contributed by atoms with Crippen molar-refractivity contribution in [1.29, 1.82) is 0 Å². The SMILES string of the molecule is Cc1ccc(NCCN(C)CCNc2ccnc3cc(Cl)ccc23)c2/c(=N/O)c3ccccc3sc12. The molecule has 5 aromatic rings. The van der Waals surface area contributed by atoms with E-state index in [2.05, 4.69) is 57.8 Å². The van der Waals surface area contributed by atoms with Crippen LogP contribution in [0.2, 0.25) is 5.02 Å². The first-order chi connectivity index (χ1) is 17.5. The number of aryl methyl sites for hydroxylation is 1. The minimum Gasteiger partial charge on any atom is -0.410 e. The summed E-state index contributed by atoms with van der Waals surface area (Å²) in [6.07, 6.45) is 1.80. The maximum absolute atomic E-state index is 9.91. The summed E-state index contributed by atoms with van der Waals surface area (Å²) in [5, 5.41) is 25.0. The predicted molar refractivity (Wildman–Crippen MR) is 153 cm³/mol. The lowest BCUT2D eigenvalue weighted by molar-refractivity contribution is 0.304. The minimum atomic E-state index is 0.619. The Morgan fingerprint density at radius 2 is 1.75 bits per heavy atom. The highest BCUT2D eigenvalue weighted by Crippen LogP contribution is 2.31. The molecule has 0 aliphatic rings. The molecule has 0 saturated heterocycles. The number of nitrogens with zero attached hydrogens (tertiary/aromatic N) is 3. The van der Waals surface area contributed by atoms with Crippen LogP contribution in [0.1, 0.15) is 5.56 Å². The second kappa shape index (κ2) is 10.7. The summed E-state index contributed by atoms with van der Waals surface area (Å²) in [6.45, 7) is 5.44. The van der Waals surface area contributed by atoms with E-state index in [1.54, 1.807) is 17.5 Å². The lowest BCUT2D eigenvalue weighted by Gasteiger charge is -2.19. The van der Waals surface area contributed by atoms with E-state index in [1.807, 2.05) is 42.5 Å². The Balaban J connectivity index is 1.24. The number of fused-ring (bicyclic) bond motifs is 3. The minimum absolute atomic E-state index is 0.619. The first-order valence-electron chi connectivity index (χ1n) is 11.9. The summed E-state index contributed by atoms with van der Waals surface area (Å²) in [7, 11) is 2.12. The number of pyridine rings is 1. The van der Waals surface area contributed by atoms with Crippen LogP contribution in [0, 0.1) is 6.92 Å². The van der Waals surface area contributed by atoms with Gasteiger partial charge in [0.15, 0.2) is 0 Å². The van der Waals surface area contributed by atoms with Crippen molar-refractivity contribution in [3.8, 4) is 0 Å². The molecule has 0 atom stereocenters. The Bertz CT molecular complexity index is 1620. The number of benzene rings is 3. The zero-order valence-electron chi connectivity index (χ0n) is 20.3. The van der Waals surface area contributed by atoms with Crippen LogP contribution in [0.25, 0.3) is 31.1 Å². The highest BCUT2D eigenvalue weighted by Gasteiger charge is 2.11. The van der Waals surface area contributed by atoms with E-state index in [1.165, 1.54) is 5.56 Å². The Morgan fingerprint density at radius 3 is 2.56 bits per heavy atom. The molecule has 36 heavy (non-hydrogen) atoms. The molecule has 5 rings (SSSR count). The summed E-state index contributed by atoms with van der Waals surface area (Å²) in [4.78, 5) is 6.69. The second-order valence-electron chi connectivity index (χ2n) is 8.86. The third kappa shape index (κ3) is 4.95. The van der Waals surface area contributed by atoms with Crippen LogP contribution in [-0.4, -0.2) is 48.3 Å². The Morgan fingerprint density at radius 1 is 0.972 bits per heavy atom. The van der Waals surface area contributed by atoms with Crippen LogP contribution in [-0.2, 0) is 0 Å². The monoisotopic (exact) mass is 517 g/mol. The zero-order valence-corrected chi connectivity index (χ0v) is 21.8. The fraction of sp³-hybridized carbons (Fsp3) is 0.214. The lowest BCUT2D eigenvalue weighted by Crippen LogP contribution is -2.30. The molecule has 0 aliphatic heterocycles. The molecule has 6 nitrogen and oxygen atoms in total. The molecule has 2 heterocycles. The fourth-order valence-corrected chi connectivity index (χ4v) is 5.80. The molecule has 0 spiro atoms. The number of likely N-dealkylation sites (N-methyl/N-ethyl adjacent to an activating group) is 1. The third-order valence-electron chi connectivity index (χ3n) is 6.37. The van der Waals surface area contributed by atoms with Gasteiger partial charge in [0.1, 0.15) is 5.36 Å². The molecule has 3 N–H and O–H groups in total. The van der Waals surface area contributed by atoms with Gasteiger partial charge in [-0.25, -0.2) is 0 Å². The van der Waals surface area contributed by atoms with Gasteiger partial charge in [0.25, 0.3) is 0 Å². The van der Waals surface area contributed by atoms with Crippen molar-refractivity contribution in [3.63, 3.8) is 0 Å². The predicted octanol–water partition coefficient (Wildman–Crippen LogP) is 6.31. The van der Waals surface area contributed by atoms with Crippen molar-refractivity contribution in [2.24, 2.45) is 5.16 Å². The van der Waals surface area contributed by atoms with Crippen molar-refractivity contribution in [2.75, 3.05) is 43.9 Å². The van der Waals surface area contributed by atoms with Crippen LogP contribution in [0.4, 0.5) is 11.4 Å². The van der Waals surface area contributed by atoms with Crippen LogP contribution >= 0.6 is 22.9 Å². The largest absolute Gasteiger partial charge is 0.410 e. The quantitative estimate of drug-likeness (QED) is 0.128. The Labute approximate surface area is 218 Å². The maximum Gasteiger partial charge on any atom is 0.122 e. The van der Waals surface area contributed by atoms with Gasteiger partial charge in [0.2, 0.25) is 0 Å². The van der Waals surface area contributed by atoms with Gasteiger partial charge in [-0.1, -0.05) is 41.0 Å². The summed E-state index contributed by atoms with van der Waals surface area (Å²) in [5.74, 6) is 0. The van der Waals surface area contributed by atoms with Crippen LogP contribution in [0.15, 0.2) is 72.0 Å². The zero-order chi connectivity index (χ0) is 25.1. The highest BCUT2D eigenvalue weighted by molar-refractivity contribution is 7.24. The molecule has 184 valence electrons. The number of hydrogen-bond acceptors (Lipinski definition) is 7. The van der Waals surface area contributed by atoms with E-state index in [9.17, 15) is 5.21 Å². The van der Waals surface area contributed by atoms with E-state index < -0.39 is 0 Å². The molecule has 3 aromatic carbocycles. The summed E-state index contributed by atoms with van der Waals surface area (Å²) in [6, 6.07) is 20.0. The number of nitrogens with one attached hydrogen (secondary N) is 2. The average Bonchev–Trinajstić information content (AvgIpc) is 2.89. The molecule has 0 amide bonds. The van der Waals surface area contributed by atoms with Crippen molar-refractivity contribution >= 4 is 65.4 Å². The molecule has 0 radical (unpaired) electrons. The summed E-state index contributed by atoms with van der Waals surface area (Å²) >= 11 is 7.83. The summed E-state index contributed by atoms with van der Waals surface area (Å²) < 4.78 is 2.24. The molecule has 2 aromatic heterocycles. The van der Waals surface area contributed by atoms with Gasteiger partial charge in [-0.2, -0.15) is 0 Å². The molecular weight excluding hydrogens is 490 g/mol. The average molecular weight is 518 g/mol. The number of halogens is 1. The van der Waals surface area contributed by atoms with Crippen LogP contribution in [0.3, 0.4) is 0 Å². The van der Waals surface area contributed by atoms with Gasteiger partial charge in [0, 0.05) is 74.3 Å².